The van der Waals surface area contributed by atoms with Gasteiger partial charge in [0.05, 0.1) is 11.3 Å². The summed E-state index contributed by atoms with van der Waals surface area (Å²) in [5.74, 6) is 0.294. The molecule has 0 saturated carbocycles. The predicted molar refractivity (Wildman–Crippen MR) is 117 cm³/mol. The summed E-state index contributed by atoms with van der Waals surface area (Å²) in [4.78, 5) is 22.9. The van der Waals surface area contributed by atoms with Gasteiger partial charge in [-0.25, -0.2) is 9.67 Å². The highest BCUT2D eigenvalue weighted by Gasteiger charge is 2.33. The molecule has 3 aromatic rings. The van der Waals surface area contributed by atoms with Crippen LogP contribution < -0.4 is 15.7 Å². The second-order valence-electron chi connectivity index (χ2n) is 6.93. The van der Waals surface area contributed by atoms with Crippen molar-refractivity contribution in [2.24, 2.45) is 4.99 Å². The van der Waals surface area contributed by atoms with Crippen molar-refractivity contribution in [2.75, 3.05) is 31.4 Å². The second kappa shape index (κ2) is 9.04. The topological polar surface area (TPSA) is 75.4 Å². The summed E-state index contributed by atoms with van der Waals surface area (Å²) in [6, 6.07) is 13.1. The molecule has 2 heterocycles. The van der Waals surface area contributed by atoms with Crippen LogP contribution in [0.1, 0.15) is 5.56 Å². The van der Waals surface area contributed by atoms with Crippen LogP contribution in [0.15, 0.2) is 66.2 Å². The minimum Gasteiger partial charge on any atom is -0.363 e. The molecule has 0 atom stereocenters. The minimum atomic E-state index is -4.56. The van der Waals surface area contributed by atoms with E-state index in [1.807, 2.05) is 14.1 Å². The highest BCUT2D eigenvalue weighted by Crippen LogP contribution is 2.36. The average molecular weight is 442 g/mol. The van der Waals surface area contributed by atoms with Crippen molar-refractivity contribution in [3.8, 4) is 11.3 Å². The maximum Gasteiger partial charge on any atom is 0.417 e. The molecule has 3 rings (SSSR count). The standard InChI is InChI=1S/C22H21F3N6O/c1-14(21(32)28-18-10-7-11-20(27-18)30(3)4)31-19(26-2)13-12-17(29-31)15-8-5-6-9-16(15)22(23,24)25/h5-13H,1H2,2-4H3,(H,27,28,32)/b26-19-. The number of nitrogens with zero attached hydrogens (tertiary/aromatic N) is 5. The van der Waals surface area contributed by atoms with Gasteiger partial charge in [-0.15, -0.1) is 0 Å². The number of carbonyl (C=O) groups excluding carboxylic acids is 1. The van der Waals surface area contributed by atoms with Crippen molar-refractivity contribution in [3.63, 3.8) is 0 Å². The molecule has 0 spiro atoms. The summed E-state index contributed by atoms with van der Waals surface area (Å²) in [5.41, 5.74) is -0.820. The summed E-state index contributed by atoms with van der Waals surface area (Å²) in [6.45, 7) is 3.76. The number of rotatable bonds is 5. The fourth-order valence-electron chi connectivity index (χ4n) is 2.91. The quantitative estimate of drug-likeness (QED) is 0.612. The van der Waals surface area contributed by atoms with E-state index in [1.54, 1.807) is 23.1 Å². The Kier molecular flexibility index (Phi) is 6.42. The first-order valence-corrected chi connectivity index (χ1v) is 9.46. The summed E-state index contributed by atoms with van der Waals surface area (Å²) in [6.07, 6.45) is -4.56. The molecule has 0 bridgehead atoms. The number of halogens is 3. The zero-order valence-electron chi connectivity index (χ0n) is 17.7. The van der Waals surface area contributed by atoms with Gasteiger partial charge in [-0.05, 0) is 30.3 Å². The molecule has 1 amide bonds. The number of hydrogen-bond acceptors (Lipinski definition) is 5. The lowest BCUT2D eigenvalue weighted by atomic mass is 10.0. The Bertz CT molecular complexity index is 1230. The number of pyridine rings is 1. The van der Waals surface area contributed by atoms with Gasteiger partial charge in [0.15, 0.2) is 0 Å². The van der Waals surface area contributed by atoms with Crippen LogP contribution in [0.25, 0.3) is 17.0 Å². The van der Waals surface area contributed by atoms with E-state index in [9.17, 15) is 18.0 Å². The number of anilines is 2. The zero-order valence-corrected chi connectivity index (χ0v) is 17.7. The first kappa shape index (κ1) is 22.7. The maximum absolute atomic E-state index is 13.5. The summed E-state index contributed by atoms with van der Waals surface area (Å²) >= 11 is 0. The SMILES string of the molecule is C=C(C(=O)Nc1cccc(N(C)C)n1)n1nc(-c2ccccc2C(F)(F)F)cc/c1=N/C. The summed E-state index contributed by atoms with van der Waals surface area (Å²) < 4.78 is 41.5. The van der Waals surface area contributed by atoms with Gasteiger partial charge in [-0.1, -0.05) is 30.8 Å². The molecule has 0 saturated heterocycles. The van der Waals surface area contributed by atoms with Crippen LogP contribution in [0.5, 0.6) is 0 Å². The summed E-state index contributed by atoms with van der Waals surface area (Å²) in [7, 11) is 5.10. The van der Waals surface area contributed by atoms with Gasteiger partial charge in [0.2, 0.25) is 0 Å². The van der Waals surface area contributed by atoms with Crippen LogP contribution in [0.3, 0.4) is 0 Å². The number of nitrogens with one attached hydrogen (secondary N) is 1. The second-order valence-corrected chi connectivity index (χ2v) is 6.93. The molecule has 0 fully saturated rings. The first-order chi connectivity index (χ1) is 15.1. The molecule has 0 aliphatic heterocycles. The van der Waals surface area contributed by atoms with E-state index in [0.29, 0.717) is 5.82 Å². The fraction of sp³-hybridized carbons (Fsp3) is 0.182. The van der Waals surface area contributed by atoms with E-state index in [1.165, 1.54) is 37.4 Å². The van der Waals surface area contributed by atoms with Crippen LogP contribution in [-0.2, 0) is 11.0 Å². The van der Waals surface area contributed by atoms with Crippen molar-refractivity contribution in [1.29, 1.82) is 0 Å². The van der Waals surface area contributed by atoms with E-state index in [4.69, 9.17) is 0 Å². The third-order valence-corrected chi connectivity index (χ3v) is 4.50. The lowest BCUT2D eigenvalue weighted by molar-refractivity contribution is -0.137. The molecule has 32 heavy (non-hydrogen) atoms. The Morgan fingerprint density at radius 1 is 1.09 bits per heavy atom. The van der Waals surface area contributed by atoms with Gasteiger partial charge in [0.1, 0.15) is 22.8 Å². The Balaban J connectivity index is 1.99. The predicted octanol–water partition coefficient (Wildman–Crippen LogP) is 3.67. The van der Waals surface area contributed by atoms with Gasteiger partial charge < -0.3 is 10.2 Å². The Morgan fingerprint density at radius 2 is 1.81 bits per heavy atom. The molecule has 0 radical (unpaired) electrons. The largest absolute Gasteiger partial charge is 0.417 e. The van der Waals surface area contributed by atoms with Gasteiger partial charge in [-0.3, -0.25) is 9.79 Å². The number of amides is 1. The number of carbonyl (C=O) groups is 1. The number of hydrogen-bond donors (Lipinski definition) is 1. The molecule has 166 valence electrons. The molecule has 2 aromatic heterocycles. The van der Waals surface area contributed by atoms with Crippen molar-refractivity contribution in [2.45, 2.75) is 6.18 Å². The van der Waals surface area contributed by atoms with Gasteiger partial charge in [0, 0.05) is 26.7 Å². The molecule has 0 aliphatic carbocycles. The molecule has 0 aliphatic rings. The van der Waals surface area contributed by atoms with Crippen LogP contribution >= 0.6 is 0 Å². The monoisotopic (exact) mass is 442 g/mol. The molecule has 0 unspecified atom stereocenters. The van der Waals surface area contributed by atoms with Crippen LogP contribution in [0.2, 0.25) is 0 Å². The van der Waals surface area contributed by atoms with E-state index in [2.05, 4.69) is 27.0 Å². The van der Waals surface area contributed by atoms with Gasteiger partial charge >= 0.3 is 6.18 Å². The lowest BCUT2D eigenvalue weighted by Gasteiger charge is -2.15. The fourth-order valence-corrected chi connectivity index (χ4v) is 2.91. The number of aromatic nitrogens is 3. The molecule has 10 heteroatoms. The molecular weight excluding hydrogens is 421 g/mol. The van der Waals surface area contributed by atoms with Crippen molar-refractivity contribution in [3.05, 3.63) is 72.2 Å². The lowest BCUT2D eigenvalue weighted by Crippen LogP contribution is -2.29. The Hall–Kier alpha value is -3.95. The van der Waals surface area contributed by atoms with E-state index in [-0.39, 0.29) is 28.3 Å². The highest BCUT2D eigenvalue weighted by atomic mass is 19.4. The van der Waals surface area contributed by atoms with Crippen molar-refractivity contribution in [1.82, 2.24) is 14.8 Å². The van der Waals surface area contributed by atoms with E-state index < -0.39 is 17.6 Å². The average Bonchev–Trinajstić information content (AvgIpc) is 2.77. The molecular formula is C22H21F3N6O. The van der Waals surface area contributed by atoms with Crippen molar-refractivity contribution >= 4 is 23.2 Å². The number of alkyl halides is 3. The Morgan fingerprint density at radius 3 is 2.47 bits per heavy atom. The smallest absolute Gasteiger partial charge is 0.363 e. The molecule has 1 N–H and O–H groups in total. The third kappa shape index (κ3) is 4.85. The highest BCUT2D eigenvalue weighted by molar-refractivity contribution is 6.19. The van der Waals surface area contributed by atoms with Crippen molar-refractivity contribution < 1.29 is 18.0 Å². The van der Waals surface area contributed by atoms with E-state index in [0.717, 1.165) is 10.7 Å². The van der Waals surface area contributed by atoms with Crippen LogP contribution in [0, 0.1) is 0 Å². The molecule has 7 nitrogen and oxygen atoms in total. The minimum absolute atomic E-state index is 0.0204. The first-order valence-electron chi connectivity index (χ1n) is 9.46. The van der Waals surface area contributed by atoms with Crippen LogP contribution in [0.4, 0.5) is 24.8 Å². The maximum atomic E-state index is 13.5. The number of benzene rings is 1. The Labute approximate surface area is 182 Å². The summed E-state index contributed by atoms with van der Waals surface area (Å²) in [5, 5.41) is 6.85. The van der Waals surface area contributed by atoms with Gasteiger partial charge in [-0.2, -0.15) is 18.3 Å². The van der Waals surface area contributed by atoms with Crippen LogP contribution in [-0.4, -0.2) is 41.8 Å². The van der Waals surface area contributed by atoms with Gasteiger partial charge in [0.25, 0.3) is 5.91 Å². The zero-order chi connectivity index (χ0) is 23.5. The third-order valence-electron chi connectivity index (χ3n) is 4.50. The van der Waals surface area contributed by atoms with E-state index >= 15 is 0 Å². The normalized spacial score (nSPS) is 11.9. The molecule has 1 aromatic carbocycles.